The van der Waals surface area contributed by atoms with Gasteiger partial charge in [0.15, 0.2) is 12.2 Å². The van der Waals surface area contributed by atoms with Crippen LogP contribution in [0.5, 0.6) is 0 Å². The molecule has 0 radical (unpaired) electrons. The molecule has 102 heavy (non-hydrogen) atoms. The van der Waals surface area contributed by atoms with E-state index in [1.807, 2.05) is 24.3 Å². The lowest BCUT2D eigenvalue weighted by Crippen LogP contribution is -2.30. The summed E-state index contributed by atoms with van der Waals surface area (Å²) in [4.78, 5) is 72.9. The van der Waals surface area contributed by atoms with Gasteiger partial charge in [-0.2, -0.15) is 0 Å². The maximum absolute atomic E-state index is 13.1. The lowest BCUT2D eigenvalue weighted by atomic mass is 10.1. The van der Waals surface area contributed by atoms with E-state index >= 15 is 0 Å². The number of phosphoric acid groups is 2. The topological polar surface area (TPSA) is 237 Å². The molecule has 0 aliphatic rings. The van der Waals surface area contributed by atoms with E-state index in [1.54, 1.807) is 0 Å². The molecule has 0 saturated heterocycles. The molecule has 0 aromatic heterocycles. The minimum absolute atomic E-state index is 0.0615. The Balaban J connectivity index is 5.47. The van der Waals surface area contributed by atoms with Crippen LogP contribution in [0, 0.1) is 0 Å². The van der Waals surface area contributed by atoms with E-state index in [4.69, 9.17) is 37.0 Å². The Morgan fingerprint density at radius 3 is 0.853 bits per heavy atom. The van der Waals surface area contributed by atoms with Crippen molar-refractivity contribution in [3.8, 4) is 0 Å². The van der Waals surface area contributed by atoms with Gasteiger partial charge < -0.3 is 33.8 Å². The zero-order chi connectivity index (χ0) is 74.6. The lowest BCUT2D eigenvalue weighted by Gasteiger charge is -2.21. The zero-order valence-corrected chi connectivity index (χ0v) is 65.5. The highest BCUT2D eigenvalue weighted by atomic mass is 31.2. The SMILES string of the molecule is CCCCC/C=C\C/C=C\C/C=C\C/C=C\CCCC(=O)OC[C@H](COP(=O)(O)OC[C@H](O)COP(=O)(O)OC[C@@H](COC(=O)CCC/C=C\C/C=C\C/C=C\C/C=C\CCCCC)OC(=O)CCCCCCC/C=C\CCCCCC)OC(=O)CCCCCCC/C=C\C=C/CCCCCC. The minimum Gasteiger partial charge on any atom is -0.462 e. The van der Waals surface area contributed by atoms with E-state index in [1.165, 1.54) is 89.9 Å². The first-order chi connectivity index (χ1) is 49.7. The van der Waals surface area contributed by atoms with Crippen LogP contribution in [0.4, 0.5) is 0 Å². The Kier molecular flexibility index (Phi) is 71.0. The summed E-state index contributed by atoms with van der Waals surface area (Å²) in [6, 6.07) is 0. The highest BCUT2D eigenvalue weighted by Crippen LogP contribution is 2.45. The number of rotatable bonds is 73. The molecule has 0 rings (SSSR count). The normalized spacial score (nSPS) is 14.6. The van der Waals surface area contributed by atoms with E-state index in [0.29, 0.717) is 38.5 Å². The average molecular weight is 1470 g/mol. The number of allylic oxidation sites excluding steroid dienone is 22. The predicted octanol–water partition coefficient (Wildman–Crippen LogP) is 22.9. The molecule has 0 amide bonds. The molecule has 0 aliphatic carbocycles. The number of hydrogen-bond acceptors (Lipinski definition) is 15. The molecule has 0 bridgehead atoms. The van der Waals surface area contributed by atoms with Gasteiger partial charge in [-0.1, -0.05) is 264 Å². The van der Waals surface area contributed by atoms with Crippen molar-refractivity contribution < 1.29 is 80.2 Å². The molecule has 0 heterocycles. The van der Waals surface area contributed by atoms with Crippen molar-refractivity contribution in [2.75, 3.05) is 39.6 Å². The summed E-state index contributed by atoms with van der Waals surface area (Å²) >= 11 is 0. The third kappa shape index (κ3) is 73.5. The fraction of sp³-hybridized carbons (Fsp3) is 0.687. The molecule has 0 aliphatic heterocycles. The van der Waals surface area contributed by atoms with Crippen LogP contribution in [0.3, 0.4) is 0 Å². The molecule has 0 spiro atoms. The Labute approximate surface area is 618 Å². The fourth-order valence-electron chi connectivity index (χ4n) is 10.0. The Bertz CT molecular complexity index is 2460. The van der Waals surface area contributed by atoms with Gasteiger partial charge in [-0.25, -0.2) is 9.13 Å². The summed E-state index contributed by atoms with van der Waals surface area (Å²) in [7, 11) is -10.00. The summed E-state index contributed by atoms with van der Waals surface area (Å²) in [5.41, 5.74) is 0. The van der Waals surface area contributed by atoms with Crippen molar-refractivity contribution in [3.05, 3.63) is 134 Å². The summed E-state index contributed by atoms with van der Waals surface area (Å²) in [5, 5.41) is 10.6. The van der Waals surface area contributed by atoms with Crippen molar-refractivity contribution >= 4 is 39.5 Å². The largest absolute Gasteiger partial charge is 0.472 e. The van der Waals surface area contributed by atoms with Gasteiger partial charge in [-0.3, -0.25) is 37.3 Å². The molecular weight excluding hydrogens is 1330 g/mol. The van der Waals surface area contributed by atoms with E-state index < -0.39 is 97.5 Å². The third-order valence-corrected chi connectivity index (χ3v) is 18.0. The Morgan fingerprint density at radius 2 is 0.520 bits per heavy atom. The fourth-order valence-corrected chi connectivity index (χ4v) is 11.6. The van der Waals surface area contributed by atoms with Gasteiger partial charge in [0.25, 0.3) is 0 Å². The Morgan fingerprint density at radius 1 is 0.284 bits per heavy atom. The average Bonchev–Trinajstić information content (AvgIpc) is 0.939. The number of unbranched alkanes of at least 4 members (excludes halogenated alkanes) is 26. The number of carbonyl (C=O) groups is 4. The molecule has 19 heteroatoms. The molecule has 0 aromatic rings. The number of ether oxygens (including phenoxy) is 4. The van der Waals surface area contributed by atoms with Crippen LogP contribution in [0.2, 0.25) is 0 Å². The van der Waals surface area contributed by atoms with E-state index in [0.717, 1.165) is 128 Å². The maximum Gasteiger partial charge on any atom is 0.472 e. The minimum atomic E-state index is -5.00. The summed E-state index contributed by atoms with van der Waals surface area (Å²) in [6.45, 7) is 4.63. The molecule has 0 saturated carbocycles. The second-order valence-corrected chi connectivity index (χ2v) is 28.9. The van der Waals surface area contributed by atoms with Gasteiger partial charge in [0.05, 0.1) is 26.4 Å². The number of aliphatic hydroxyl groups is 1. The number of hydrogen-bond donors (Lipinski definition) is 3. The van der Waals surface area contributed by atoms with Crippen molar-refractivity contribution in [2.45, 2.75) is 329 Å². The summed E-state index contributed by atoms with van der Waals surface area (Å²) in [6.07, 6.45) is 83.0. The van der Waals surface area contributed by atoms with Crippen molar-refractivity contribution in [1.82, 2.24) is 0 Å². The first-order valence-corrected chi connectivity index (χ1v) is 42.4. The van der Waals surface area contributed by atoms with Crippen LogP contribution < -0.4 is 0 Å². The zero-order valence-electron chi connectivity index (χ0n) is 63.7. The van der Waals surface area contributed by atoms with Crippen LogP contribution in [-0.2, 0) is 65.4 Å². The molecule has 584 valence electrons. The monoisotopic (exact) mass is 1470 g/mol. The second kappa shape index (κ2) is 74.5. The number of aliphatic hydroxyl groups excluding tert-OH is 1. The summed E-state index contributed by atoms with van der Waals surface area (Å²) < 4.78 is 68.4. The van der Waals surface area contributed by atoms with Crippen LogP contribution in [-0.4, -0.2) is 96.7 Å². The van der Waals surface area contributed by atoms with Crippen LogP contribution in [0.15, 0.2) is 134 Å². The second-order valence-electron chi connectivity index (χ2n) is 26.0. The van der Waals surface area contributed by atoms with E-state index in [2.05, 4.69) is 137 Å². The van der Waals surface area contributed by atoms with E-state index in [-0.39, 0.29) is 25.7 Å². The summed E-state index contributed by atoms with van der Waals surface area (Å²) in [5.74, 6) is -2.33. The number of carbonyl (C=O) groups excluding carboxylic acids is 4. The van der Waals surface area contributed by atoms with Crippen molar-refractivity contribution in [3.63, 3.8) is 0 Å². The standard InChI is InChI=1S/C83H140O17P2/c1-5-9-13-17-21-25-29-33-36-38-41-44-47-51-55-59-63-67-80(85)93-73-78(99-82(87)69-65-61-57-53-49-43-32-28-24-20-16-12-8-4)75-97-101(89,90)95-71-77(84)72-96-102(91,92)98-76-79(100-83(88)70-66-62-58-54-50-46-40-35-31-27-23-19-15-11-7-3)74-94-81(86)68-64-60-56-52-48-45-42-39-37-34-30-26-22-18-14-10-6-2/h21-22,25-28,31-37,40-42,44-45,51-52,55-56,77-79,84H,5-20,23-24,29-30,38-39,43,46-50,53-54,57-76H2,1-4H3,(H,89,90)(H,91,92)/b25-21-,26-22-,31-27-,32-28-,36-33-,37-34-,40-35-,44-41-,45-42-,55-51-,56-52-/t77-,78-,79-/m1/s1. The number of phosphoric ester groups is 2. The smallest absolute Gasteiger partial charge is 0.462 e. The maximum atomic E-state index is 13.1. The van der Waals surface area contributed by atoms with Crippen LogP contribution in [0.25, 0.3) is 0 Å². The molecule has 3 N–H and O–H groups in total. The number of esters is 4. The van der Waals surface area contributed by atoms with Gasteiger partial charge in [0.1, 0.15) is 19.3 Å². The first kappa shape index (κ1) is 97.2. The molecular formula is C83H140O17P2. The van der Waals surface area contributed by atoms with E-state index in [9.17, 15) is 43.2 Å². The van der Waals surface area contributed by atoms with Crippen LogP contribution in [0.1, 0.15) is 310 Å². The lowest BCUT2D eigenvalue weighted by molar-refractivity contribution is -0.161. The highest BCUT2D eigenvalue weighted by Gasteiger charge is 2.30. The Hall–Kier alpha value is -4.80. The third-order valence-electron chi connectivity index (χ3n) is 16.1. The highest BCUT2D eigenvalue weighted by molar-refractivity contribution is 7.47. The predicted molar refractivity (Wildman–Crippen MR) is 418 cm³/mol. The van der Waals surface area contributed by atoms with Crippen molar-refractivity contribution in [1.29, 1.82) is 0 Å². The molecule has 17 nitrogen and oxygen atoms in total. The van der Waals surface area contributed by atoms with Crippen LogP contribution >= 0.6 is 15.6 Å². The quantitative estimate of drug-likeness (QED) is 0.0128. The van der Waals surface area contributed by atoms with Gasteiger partial charge >= 0.3 is 39.5 Å². The molecule has 2 unspecified atom stereocenters. The van der Waals surface area contributed by atoms with Gasteiger partial charge in [0.2, 0.25) is 0 Å². The van der Waals surface area contributed by atoms with Gasteiger partial charge in [-0.15, -0.1) is 0 Å². The molecule has 0 fully saturated rings. The molecule has 0 aromatic carbocycles. The van der Waals surface area contributed by atoms with Gasteiger partial charge in [0, 0.05) is 25.7 Å². The molecule has 5 atom stereocenters. The van der Waals surface area contributed by atoms with Crippen molar-refractivity contribution in [2.24, 2.45) is 0 Å². The van der Waals surface area contributed by atoms with Gasteiger partial charge in [-0.05, 0) is 154 Å². The first-order valence-electron chi connectivity index (χ1n) is 39.4.